The third-order valence-electron chi connectivity index (χ3n) is 2.45. The summed E-state index contributed by atoms with van der Waals surface area (Å²) in [5.74, 6) is -0.292. The van der Waals surface area contributed by atoms with Crippen LogP contribution >= 0.6 is 11.6 Å². The van der Waals surface area contributed by atoms with E-state index in [0.29, 0.717) is 17.2 Å². The van der Waals surface area contributed by atoms with Gasteiger partial charge in [0, 0.05) is 13.2 Å². The summed E-state index contributed by atoms with van der Waals surface area (Å²) in [6, 6.07) is 5.26. The minimum atomic E-state index is -0.711. The Hall–Kier alpha value is -1.10. The van der Waals surface area contributed by atoms with Gasteiger partial charge in [0.15, 0.2) is 0 Å². The molecular formula is C13H18ClNO3. The van der Waals surface area contributed by atoms with Gasteiger partial charge in [-0.2, -0.15) is 0 Å². The Morgan fingerprint density at radius 3 is 2.94 bits per heavy atom. The molecular weight excluding hydrogens is 254 g/mol. The lowest BCUT2D eigenvalue weighted by Gasteiger charge is -2.12. The number of aliphatic hydroxyl groups is 1. The van der Waals surface area contributed by atoms with Crippen LogP contribution in [0.3, 0.4) is 0 Å². The van der Waals surface area contributed by atoms with Gasteiger partial charge in [-0.05, 0) is 25.5 Å². The van der Waals surface area contributed by atoms with Gasteiger partial charge in [0.2, 0.25) is 0 Å². The highest BCUT2D eigenvalue weighted by atomic mass is 35.5. The molecule has 0 aliphatic carbocycles. The van der Waals surface area contributed by atoms with Crippen molar-refractivity contribution >= 4 is 17.5 Å². The Bertz CT molecular complexity index is 409. The monoisotopic (exact) mass is 271 g/mol. The number of hydrogen-bond donors (Lipinski definition) is 2. The SMILES string of the molecule is CCOC[C@@H](O)CNC(=O)c1cccc(C)c1Cl. The van der Waals surface area contributed by atoms with E-state index in [1.54, 1.807) is 12.1 Å². The third-order valence-corrected chi connectivity index (χ3v) is 2.95. The number of carbonyl (C=O) groups excluding carboxylic acids is 1. The summed E-state index contributed by atoms with van der Waals surface area (Å²) in [4.78, 5) is 11.8. The van der Waals surface area contributed by atoms with E-state index in [2.05, 4.69) is 5.32 Å². The van der Waals surface area contributed by atoms with Crippen LogP contribution in [-0.2, 0) is 4.74 Å². The lowest BCUT2D eigenvalue weighted by atomic mass is 10.1. The number of amides is 1. The Morgan fingerprint density at radius 2 is 2.28 bits per heavy atom. The number of aryl methyl sites for hydroxylation is 1. The second-order valence-electron chi connectivity index (χ2n) is 3.96. The summed E-state index contributed by atoms with van der Waals surface area (Å²) in [7, 11) is 0. The predicted octanol–water partition coefficient (Wildman–Crippen LogP) is 1.78. The first-order valence-corrected chi connectivity index (χ1v) is 6.23. The molecule has 1 rings (SSSR count). The minimum absolute atomic E-state index is 0.142. The molecule has 0 saturated heterocycles. The zero-order chi connectivity index (χ0) is 13.5. The van der Waals surface area contributed by atoms with Gasteiger partial charge in [-0.3, -0.25) is 4.79 Å². The quantitative estimate of drug-likeness (QED) is 0.829. The summed E-state index contributed by atoms with van der Waals surface area (Å²) in [6.07, 6.45) is -0.711. The number of ether oxygens (including phenoxy) is 1. The van der Waals surface area contributed by atoms with Gasteiger partial charge in [0.25, 0.3) is 5.91 Å². The first-order chi connectivity index (χ1) is 8.56. The molecule has 0 aliphatic rings. The molecule has 1 aromatic carbocycles. The summed E-state index contributed by atoms with van der Waals surface area (Å²) in [6.45, 7) is 4.57. The Balaban J connectivity index is 2.53. The number of aliphatic hydroxyl groups excluding tert-OH is 1. The molecule has 4 nitrogen and oxygen atoms in total. The summed E-state index contributed by atoms with van der Waals surface area (Å²) in [5, 5.41) is 12.6. The van der Waals surface area contributed by atoms with Crippen LogP contribution in [0, 0.1) is 6.92 Å². The van der Waals surface area contributed by atoms with E-state index in [4.69, 9.17) is 16.3 Å². The van der Waals surface area contributed by atoms with E-state index >= 15 is 0 Å². The second kappa shape index (κ2) is 7.36. The number of nitrogens with one attached hydrogen (secondary N) is 1. The maximum atomic E-state index is 11.8. The molecule has 0 unspecified atom stereocenters. The molecule has 2 N–H and O–H groups in total. The van der Waals surface area contributed by atoms with E-state index in [1.807, 2.05) is 19.9 Å². The molecule has 100 valence electrons. The van der Waals surface area contributed by atoms with Crippen molar-refractivity contribution in [2.45, 2.75) is 20.0 Å². The van der Waals surface area contributed by atoms with Crippen molar-refractivity contribution in [1.82, 2.24) is 5.32 Å². The van der Waals surface area contributed by atoms with Crippen molar-refractivity contribution in [2.24, 2.45) is 0 Å². The molecule has 1 amide bonds. The third kappa shape index (κ3) is 4.29. The molecule has 5 heteroatoms. The zero-order valence-corrected chi connectivity index (χ0v) is 11.3. The Labute approximate surface area is 112 Å². The van der Waals surface area contributed by atoms with Crippen LogP contribution in [0.5, 0.6) is 0 Å². The molecule has 0 aromatic heterocycles. The van der Waals surface area contributed by atoms with Crippen molar-refractivity contribution in [3.8, 4) is 0 Å². The van der Waals surface area contributed by atoms with Crippen LogP contribution in [0.1, 0.15) is 22.8 Å². The number of benzene rings is 1. The lowest BCUT2D eigenvalue weighted by Crippen LogP contribution is -2.34. The van der Waals surface area contributed by atoms with Crippen LogP contribution in [0.4, 0.5) is 0 Å². The smallest absolute Gasteiger partial charge is 0.252 e. The van der Waals surface area contributed by atoms with Gasteiger partial charge >= 0.3 is 0 Å². The van der Waals surface area contributed by atoms with Crippen molar-refractivity contribution in [2.75, 3.05) is 19.8 Å². The van der Waals surface area contributed by atoms with E-state index in [1.165, 1.54) is 0 Å². The molecule has 0 saturated carbocycles. The van der Waals surface area contributed by atoms with E-state index in [9.17, 15) is 9.90 Å². The van der Waals surface area contributed by atoms with Crippen molar-refractivity contribution < 1.29 is 14.6 Å². The molecule has 0 aliphatic heterocycles. The zero-order valence-electron chi connectivity index (χ0n) is 10.6. The van der Waals surface area contributed by atoms with Gasteiger partial charge in [-0.25, -0.2) is 0 Å². The molecule has 0 bridgehead atoms. The standard InChI is InChI=1S/C13H18ClNO3/c1-3-18-8-10(16)7-15-13(17)11-6-4-5-9(2)12(11)14/h4-6,10,16H,3,7-8H2,1-2H3,(H,15,17)/t10-/m0/s1. The van der Waals surface area contributed by atoms with Crippen LogP contribution in [-0.4, -0.2) is 36.9 Å². The summed E-state index contributed by atoms with van der Waals surface area (Å²) >= 11 is 6.04. The highest BCUT2D eigenvalue weighted by Gasteiger charge is 2.13. The highest BCUT2D eigenvalue weighted by molar-refractivity contribution is 6.34. The average Bonchev–Trinajstić information content (AvgIpc) is 2.36. The van der Waals surface area contributed by atoms with Crippen LogP contribution < -0.4 is 5.32 Å². The van der Waals surface area contributed by atoms with E-state index in [-0.39, 0.29) is 19.1 Å². The normalized spacial score (nSPS) is 12.2. The van der Waals surface area contributed by atoms with Gasteiger partial charge < -0.3 is 15.2 Å². The summed E-state index contributed by atoms with van der Waals surface area (Å²) < 4.78 is 5.05. The Kier molecular flexibility index (Phi) is 6.12. The molecule has 0 spiro atoms. The molecule has 0 heterocycles. The number of rotatable bonds is 6. The van der Waals surface area contributed by atoms with Gasteiger partial charge in [0.1, 0.15) is 0 Å². The van der Waals surface area contributed by atoms with Crippen molar-refractivity contribution in [1.29, 1.82) is 0 Å². The maximum absolute atomic E-state index is 11.8. The largest absolute Gasteiger partial charge is 0.389 e. The molecule has 0 radical (unpaired) electrons. The van der Waals surface area contributed by atoms with E-state index in [0.717, 1.165) is 5.56 Å². The average molecular weight is 272 g/mol. The predicted molar refractivity (Wildman–Crippen MR) is 71.0 cm³/mol. The van der Waals surface area contributed by atoms with Crippen molar-refractivity contribution in [3.05, 3.63) is 34.3 Å². The summed E-state index contributed by atoms with van der Waals surface area (Å²) in [5.41, 5.74) is 1.26. The van der Waals surface area contributed by atoms with Crippen LogP contribution in [0.2, 0.25) is 5.02 Å². The lowest BCUT2D eigenvalue weighted by molar-refractivity contribution is 0.0418. The minimum Gasteiger partial charge on any atom is -0.389 e. The first kappa shape index (κ1) is 15.0. The van der Waals surface area contributed by atoms with Gasteiger partial charge in [0.05, 0.1) is 23.3 Å². The molecule has 1 atom stereocenters. The number of carbonyl (C=O) groups is 1. The number of halogens is 1. The first-order valence-electron chi connectivity index (χ1n) is 5.85. The van der Waals surface area contributed by atoms with E-state index < -0.39 is 6.10 Å². The number of hydrogen-bond acceptors (Lipinski definition) is 3. The highest BCUT2D eigenvalue weighted by Crippen LogP contribution is 2.19. The molecule has 0 fully saturated rings. The van der Waals surface area contributed by atoms with Crippen LogP contribution in [0.25, 0.3) is 0 Å². The second-order valence-corrected chi connectivity index (χ2v) is 4.34. The fraction of sp³-hybridized carbons (Fsp3) is 0.462. The van der Waals surface area contributed by atoms with Gasteiger partial charge in [-0.15, -0.1) is 0 Å². The van der Waals surface area contributed by atoms with Crippen LogP contribution in [0.15, 0.2) is 18.2 Å². The van der Waals surface area contributed by atoms with Crippen molar-refractivity contribution in [3.63, 3.8) is 0 Å². The molecule has 1 aromatic rings. The maximum Gasteiger partial charge on any atom is 0.252 e. The molecule has 18 heavy (non-hydrogen) atoms. The fourth-order valence-electron chi connectivity index (χ4n) is 1.44. The topological polar surface area (TPSA) is 58.6 Å². The Morgan fingerprint density at radius 1 is 1.56 bits per heavy atom. The van der Waals surface area contributed by atoms with Gasteiger partial charge in [-0.1, -0.05) is 23.7 Å². The fourth-order valence-corrected chi connectivity index (χ4v) is 1.65.